The molecule has 0 rings (SSSR count). The van der Waals surface area contributed by atoms with Gasteiger partial charge in [0.25, 0.3) is 0 Å². The van der Waals surface area contributed by atoms with Gasteiger partial charge in [0.1, 0.15) is 6.29 Å². The summed E-state index contributed by atoms with van der Waals surface area (Å²) in [6.45, 7) is 7.76. The average molecular weight is 270 g/mol. The second-order valence-electron chi connectivity index (χ2n) is 3.80. The van der Waals surface area contributed by atoms with E-state index in [1.807, 2.05) is 32.9 Å². The summed E-state index contributed by atoms with van der Waals surface area (Å²) in [4.78, 5) is 10.2. The normalized spacial score (nSPS) is 13.7. The molecule has 0 amide bonds. The van der Waals surface area contributed by atoms with Crippen LogP contribution < -0.4 is 0 Å². The van der Waals surface area contributed by atoms with Gasteiger partial charge in [0.15, 0.2) is 6.29 Å². The summed E-state index contributed by atoms with van der Waals surface area (Å²) < 4.78 is 16.5. The van der Waals surface area contributed by atoms with Gasteiger partial charge in [-0.3, -0.25) is 4.79 Å². The molecule has 0 heterocycles. The van der Waals surface area contributed by atoms with Crippen molar-refractivity contribution in [2.45, 2.75) is 46.0 Å². The number of aldehydes is 1. The van der Waals surface area contributed by atoms with Gasteiger partial charge in [0.2, 0.25) is 0 Å². The molecule has 0 spiro atoms. The van der Waals surface area contributed by atoms with E-state index in [1.165, 1.54) is 6.08 Å². The summed E-state index contributed by atoms with van der Waals surface area (Å²) in [5, 5.41) is 0. The smallest absolute Gasteiger partial charge is 0.160 e. The molecule has 0 aromatic heterocycles. The van der Waals surface area contributed by atoms with Crippen LogP contribution in [0.5, 0.6) is 0 Å². The largest absolute Gasteiger partial charge is 0.374 e. The van der Waals surface area contributed by atoms with E-state index in [0.717, 1.165) is 6.29 Å². The first-order chi connectivity index (χ1) is 9.28. The third kappa shape index (κ3) is 10.6. The van der Waals surface area contributed by atoms with E-state index in [1.54, 1.807) is 6.08 Å². The number of rotatable bonds is 12. The predicted molar refractivity (Wildman–Crippen MR) is 76.0 cm³/mol. The molecular formula is C15H26O4. The standard InChI is InChI=1S/C15H26O4/c1-4-17-14(10-7-8-13-16)11-9-12-15(18-5-2)19-6-3/h7-9,11,13-15H,4-6,10,12H2,1-3H3/b8-7+,11-9+. The van der Waals surface area contributed by atoms with Crippen LogP contribution in [-0.2, 0) is 19.0 Å². The number of ether oxygens (including phenoxy) is 3. The van der Waals surface area contributed by atoms with Gasteiger partial charge in [-0.15, -0.1) is 0 Å². The molecule has 0 aliphatic carbocycles. The van der Waals surface area contributed by atoms with Gasteiger partial charge in [0, 0.05) is 26.2 Å². The molecule has 0 bridgehead atoms. The Bertz CT molecular complexity index is 255. The molecule has 1 unspecified atom stereocenters. The predicted octanol–water partition coefficient (Wildman–Crippen LogP) is 2.88. The van der Waals surface area contributed by atoms with Gasteiger partial charge in [-0.25, -0.2) is 0 Å². The monoisotopic (exact) mass is 270 g/mol. The van der Waals surface area contributed by atoms with Crippen LogP contribution in [-0.4, -0.2) is 38.5 Å². The van der Waals surface area contributed by atoms with Crippen molar-refractivity contribution in [3.63, 3.8) is 0 Å². The highest BCUT2D eigenvalue weighted by Gasteiger charge is 2.06. The first-order valence-corrected chi connectivity index (χ1v) is 6.90. The lowest BCUT2D eigenvalue weighted by atomic mass is 10.2. The number of hydrogen-bond donors (Lipinski definition) is 0. The SMILES string of the molecule is CCOC(/C=C/CC(OCC)OCC)C/C=C/C=O. The van der Waals surface area contributed by atoms with Crippen LogP contribution in [0.1, 0.15) is 33.6 Å². The summed E-state index contributed by atoms with van der Waals surface area (Å²) >= 11 is 0. The highest BCUT2D eigenvalue weighted by Crippen LogP contribution is 2.06. The van der Waals surface area contributed by atoms with Crippen molar-refractivity contribution in [3.05, 3.63) is 24.3 Å². The quantitative estimate of drug-likeness (QED) is 0.237. The zero-order chi connectivity index (χ0) is 14.3. The Morgan fingerprint density at radius 1 is 0.895 bits per heavy atom. The topological polar surface area (TPSA) is 44.8 Å². The summed E-state index contributed by atoms with van der Waals surface area (Å²) in [6.07, 6.45) is 9.24. The number of allylic oxidation sites excluding steroid dienone is 1. The molecule has 1 atom stereocenters. The van der Waals surface area contributed by atoms with Crippen LogP contribution in [0.3, 0.4) is 0 Å². The van der Waals surface area contributed by atoms with E-state index in [0.29, 0.717) is 32.7 Å². The maximum atomic E-state index is 10.2. The van der Waals surface area contributed by atoms with E-state index in [9.17, 15) is 4.79 Å². The summed E-state index contributed by atoms with van der Waals surface area (Å²) in [5.41, 5.74) is 0. The Labute approximate surface area is 116 Å². The van der Waals surface area contributed by atoms with Crippen LogP contribution in [0, 0.1) is 0 Å². The molecule has 0 aliphatic rings. The minimum atomic E-state index is -0.195. The molecule has 0 aromatic rings. The molecule has 4 nitrogen and oxygen atoms in total. The molecule has 110 valence electrons. The first kappa shape index (κ1) is 18.0. The second kappa shape index (κ2) is 13.5. The minimum absolute atomic E-state index is 0.00916. The molecule has 19 heavy (non-hydrogen) atoms. The first-order valence-electron chi connectivity index (χ1n) is 6.90. The number of carbonyl (C=O) groups is 1. The van der Waals surface area contributed by atoms with Gasteiger partial charge in [-0.1, -0.05) is 18.2 Å². The van der Waals surface area contributed by atoms with Crippen molar-refractivity contribution in [2.24, 2.45) is 0 Å². The van der Waals surface area contributed by atoms with Crippen molar-refractivity contribution in [1.29, 1.82) is 0 Å². The fourth-order valence-corrected chi connectivity index (χ4v) is 1.58. The fraction of sp³-hybridized carbons (Fsp3) is 0.667. The summed E-state index contributed by atoms with van der Waals surface area (Å²) in [7, 11) is 0. The zero-order valence-electron chi connectivity index (χ0n) is 12.2. The van der Waals surface area contributed by atoms with Crippen LogP contribution in [0.2, 0.25) is 0 Å². The lowest BCUT2D eigenvalue weighted by Crippen LogP contribution is -2.16. The number of carbonyl (C=O) groups excluding carboxylic acids is 1. The highest BCUT2D eigenvalue weighted by molar-refractivity contribution is 5.64. The zero-order valence-corrected chi connectivity index (χ0v) is 12.2. The van der Waals surface area contributed by atoms with Crippen molar-refractivity contribution < 1.29 is 19.0 Å². The number of hydrogen-bond acceptors (Lipinski definition) is 4. The molecule has 0 saturated heterocycles. The van der Waals surface area contributed by atoms with Gasteiger partial charge < -0.3 is 14.2 Å². The van der Waals surface area contributed by atoms with Crippen molar-refractivity contribution in [1.82, 2.24) is 0 Å². The van der Waals surface area contributed by atoms with E-state index < -0.39 is 0 Å². The third-order valence-corrected chi connectivity index (χ3v) is 2.35. The third-order valence-electron chi connectivity index (χ3n) is 2.35. The Morgan fingerprint density at radius 3 is 2.05 bits per heavy atom. The van der Waals surface area contributed by atoms with Gasteiger partial charge in [-0.2, -0.15) is 0 Å². The fourth-order valence-electron chi connectivity index (χ4n) is 1.58. The molecule has 0 aliphatic heterocycles. The molecule has 0 aromatic carbocycles. The summed E-state index contributed by atoms with van der Waals surface area (Å²) in [5.74, 6) is 0. The van der Waals surface area contributed by atoms with Crippen LogP contribution in [0.15, 0.2) is 24.3 Å². The van der Waals surface area contributed by atoms with Crippen molar-refractivity contribution in [2.75, 3.05) is 19.8 Å². The summed E-state index contributed by atoms with van der Waals surface area (Å²) in [6, 6.07) is 0. The molecule has 4 heteroatoms. The van der Waals surface area contributed by atoms with Crippen LogP contribution in [0.4, 0.5) is 0 Å². The highest BCUT2D eigenvalue weighted by atomic mass is 16.7. The van der Waals surface area contributed by atoms with Crippen molar-refractivity contribution in [3.8, 4) is 0 Å². The van der Waals surface area contributed by atoms with Gasteiger partial charge in [0.05, 0.1) is 6.10 Å². The maximum absolute atomic E-state index is 10.2. The lowest BCUT2D eigenvalue weighted by molar-refractivity contribution is -0.133. The molecule has 0 N–H and O–H groups in total. The second-order valence-corrected chi connectivity index (χ2v) is 3.80. The Hall–Kier alpha value is -0.970. The van der Waals surface area contributed by atoms with Gasteiger partial charge >= 0.3 is 0 Å². The Morgan fingerprint density at radius 2 is 1.53 bits per heavy atom. The molecule has 0 fully saturated rings. The molecule has 0 radical (unpaired) electrons. The van der Waals surface area contributed by atoms with E-state index in [-0.39, 0.29) is 12.4 Å². The van der Waals surface area contributed by atoms with Crippen LogP contribution >= 0.6 is 0 Å². The molecular weight excluding hydrogens is 244 g/mol. The maximum Gasteiger partial charge on any atom is 0.160 e. The van der Waals surface area contributed by atoms with Gasteiger partial charge in [-0.05, 0) is 33.3 Å². The van der Waals surface area contributed by atoms with E-state index in [4.69, 9.17) is 14.2 Å². The minimum Gasteiger partial charge on any atom is -0.374 e. The Balaban J connectivity index is 4.18. The van der Waals surface area contributed by atoms with Crippen molar-refractivity contribution >= 4 is 6.29 Å². The van der Waals surface area contributed by atoms with E-state index >= 15 is 0 Å². The molecule has 0 saturated carbocycles. The van der Waals surface area contributed by atoms with Crippen LogP contribution in [0.25, 0.3) is 0 Å². The van der Waals surface area contributed by atoms with E-state index in [2.05, 4.69) is 0 Å². The lowest BCUT2D eigenvalue weighted by Gasteiger charge is -2.15. The average Bonchev–Trinajstić information content (AvgIpc) is 2.39. The Kier molecular flexibility index (Phi) is 12.8.